The van der Waals surface area contributed by atoms with Gasteiger partial charge in [0.05, 0.1) is 29.3 Å². The number of benzene rings is 3. The number of hydrogen-bond donors (Lipinski definition) is 0. The molecule has 0 amide bonds. The van der Waals surface area contributed by atoms with Gasteiger partial charge in [-0.25, -0.2) is 9.78 Å². The van der Waals surface area contributed by atoms with Crippen molar-refractivity contribution in [2.45, 2.75) is 32.6 Å². The van der Waals surface area contributed by atoms with Crippen LogP contribution in [0.25, 0.3) is 16.6 Å². The third kappa shape index (κ3) is 4.33. The van der Waals surface area contributed by atoms with E-state index in [0.717, 1.165) is 47.4 Å². The lowest BCUT2D eigenvalue weighted by atomic mass is 10.00. The van der Waals surface area contributed by atoms with Gasteiger partial charge in [-0.3, -0.25) is 9.36 Å². The standard InChI is InChI=1S/C27H26N2O3/c1-3-8-24-28-23-12-7-9-20(16-13-19-14-17-21(18-15-19)27(31)32-2)25(23)26(30)29(24)22-10-5-4-6-11-22/h4-7,9-12,14-15,17-18H,3,8,13,16H2,1-2H3. The van der Waals surface area contributed by atoms with Gasteiger partial charge in [0.1, 0.15) is 5.82 Å². The molecule has 5 heteroatoms. The Hall–Kier alpha value is -3.73. The SMILES string of the molecule is CCCc1nc2cccc(CCc3ccc(C(=O)OC)cc3)c2c(=O)n1-c1ccccc1. The van der Waals surface area contributed by atoms with Crippen LogP contribution < -0.4 is 5.56 Å². The van der Waals surface area contributed by atoms with E-state index in [1.165, 1.54) is 7.11 Å². The van der Waals surface area contributed by atoms with Gasteiger partial charge in [-0.1, -0.05) is 49.4 Å². The summed E-state index contributed by atoms with van der Waals surface area (Å²) in [6.07, 6.45) is 3.10. The molecule has 0 saturated heterocycles. The van der Waals surface area contributed by atoms with Gasteiger partial charge in [-0.2, -0.15) is 0 Å². The van der Waals surface area contributed by atoms with E-state index in [2.05, 4.69) is 6.92 Å². The maximum absolute atomic E-state index is 13.7. The van der Waals surface area contributed by atoms with Crippen molar-refractivity contribution >= 4 is 16.9 Å². The third-order valence-corrected chi connectivity index (χ3v) is 5.60. The predicted molar refractivity (Wildman–Crippen MR) is 127 cm³/mol. The summed E-state index contributed by atoms with van der Waals surface area (Å²) >= 11 is 0. The van der Waals surface area contributed by atoms with Crippen LogP contribution in [0.5, 0.6) is 0 Å². The number of para-hydroxylation sites is 1. The van der Waals surface area contributed by atoms with Crippen LogP contribution in [0, 0.1) is 0 Å². The van der Waals surface area contributed by atoms with E-state index in [4.69, 9.17) is 9.72 Å². The van der Waals surface area contributed by atoms with Crippen molar-refractivity contribution in [3.63, 3.8) is 0 Å². The predicted octanol–water partition coefficient (Wildman–Crippen LogP) is 4.91. The van der Waals surface area contributed by atoms with Crippen molar-refractivity contribution in [3.05, 3.63) is 106 Å². The quantitative estimate of drug-likeness (QED) is 0.394. The largest absolute Gasteiger partial charge is 0.465 e. The van der Waals surface area contributed by atoms with Crippen LogP contribution in [0.2, 0.25) is 0 Å². The van der Waals surface area contributed by atoms with Crippen molar-refractivity contribution in [1.82, 2.24) is 9.55 Å². The molecule has 0 bridgehead atoms. The van der Waals surface area contributed by atoms with E-state index in [1.807, 2.05) is 60.7 Å². The first-order valence-corrected chi connectivity index (χ1v) is 10.9. The number of hydrogen-bond acceptors (Lipinski definition) is 4. The van der Waals surface area contributed by atoms with Crippen LogP contribution in [0.15, 0.2) is 77.6 Å². The molecule has 5 nitrogen and oxygen atoms in total. The highest BCUT2D eigenvalue weighted by Crippen LogP contribution is 2.19. The van der Waals surface area contributed by atoms with Crippen LogP contribution in [0.4, 0.5) is 0 Å². The van der Waals surface area contributed by atoms with Crippen LogP contribution in [-0.2, 0) is 24.0 Å². The van der Waals surface area contributed by atoms with Crippen molar-refractivity contribution in [3.8, 4) is 5.69 Å². The van der Waals surface area contributed by atoms with E-state index >= 15 is 0 Å². The average Bonchev–Trinajstić information content (AvgIpc) is 2.83. The summed E-state index contributed by atoms with van der Waals surface area (Å²) in [5.74, 6) is 0.438. The van der Waals surface area contributed by atoms with Crippen molar-refractivity contribution < 1.29 is 9.53 Å². The monoisotopic (exact) mass is 426 g/mol. The van der Waals surface area contributed by atoms with Gasteiger partial charge in [0.15, 0.2) is 0 Å². The molecule has 4 aromatic rings. The van der Waals surface area contributed by atoms with E-state index < -0.39 is 0 Å². The normalized spacial score (nSPS) is 10.9. The maximum Gasteiger partial charge on any atom is 0.337 e. The Labute approximate surface area is 187 Å². The molecular weight excluding hydrogens is 400 g/mol. The van der Waals surface area contributed by atoms with Gasteiger partial charge in [0.2, 0.25) is 0 Å². The van der Waals surface area contributed by atoms with Gasteiger partial charge in [-0.15, -0.1) is 0 Å². The second-order valence-electron chi connectivity index (χ2n) is 7.75. The highest BCUT2D eigenvalue weighted by atomic mass is 16.5. The molecule has 0 fully saturated rings. The van der Waals surface area contributed by atoms with E-state index in [-0.39, 0.29) is 11.5 Å². The van der Waals surface area contributed by atoms with Crippen molar-refractivity contribution in [2.24, 2.45) is 0 Å². The van der Waals surface area contributed by atoms with Crippen LogP contribution in [0.1, 0.15) is 40.7 Å². The second kappa shape index (κ2) is 9.60. The number of aromatic nitrogens is 2. The Bertz CT molecular complexity index is 1290. The van der Waals surface area contributed by atoms with Gasteiger partial charge < -0.3 is 4.74 Å². The maximum atomic E-state index is 13.7. The molecule has 32 heavy (non-hydrogen) atoms. The molecule has 4 rings (SSSR count). The summed E-state index contributed by atoms with van der Waals surface area (Å²) in [6, 6.07) is 23.0. The molecule has 0 aliphatic rings. The highest BCUT2D eigenvalue weighted by Gasteiger charge is 2.15. The summed E-state index contributed by atoms with van der Waals surface area (Å²) < 4.78 is 6.51. The van der Waals surface area contributed by atoms with Gasteiger partial charge in [0, 0.05) is 6.42 Å². The smallest absolute Gasteiger partial charge is 0.337 e. The lowest BCUT2D eigenvalue weighted by Gasteiger charge is -2.15. The molecule has 0 radical (unpaired) electrons. The first kappa shape index (κ1) is 21.5. The van der Waals surface area contributed by atoms with Crippen LogP contribution in [0.3, 0.4) is 0 Å². The lowest BCUT2D eigenvalue weighted by Crippen LogP contribution is -2.25. The van der Waals surface area contributed by atoms with Crippen LogP contribution >= 0.6 is 0 Å². The minimum absolute atomic E-state index is 0.0266. The van der Waals surface area contributed by atoms with Crippen molar-refractivity contribution in [1.29, 1.82) is 0 Å². The fourth-order valence-electron chi connectivity index (χ4n) is 3.99. The Kier molecular flexibility index (Phi) is 6.45. The van der Waals surface area contributed by atoms with Gasteiger partial charge >= 0.3 is 5.97 Å². The van der Waals surface area contributed by atoms with E-state index in [0.29, 0.717) is 17.4 Å². The summed E-state index contributed by atoms with van der Waals surface area (Å²) in [5, 5.41) is 0.669. The minimum atomic E-state index is -0.346. The molecule has 1 aromatic heterocycles. The summed E-state index contributed by atoms with van der Waals surface area (Å²) in [6.45, 7) is 2.09. The topological polar surface area (TPSA) is 61.2 Å². The minimum Gasteiger partial charge on any atom is -0.465 e. The Balaban J connectivity index is 1.73. The van der Waals surface area contributed by atoms with Crippen molar-refractivity contribution in [2.75, 3.05) is 7.11 Å². The first-order valence-electron chi connectivity index (χ1n) is 10.9. The van der Waals surface area contributed by atoms with Gasteiger partial charge in [-0.05, 0) is 60.7 Å². The molecular formula is C27H26N2O3. The summed E-state index contributed by atoms with van der Waals surface area (Å²) in [5.41, 5.74) is 4.15. The Morgan fingerprint density at radius 3 is 2.34 bits per heavy atom. The third-order valence-electron chi connectivity index (χ3n) is 5.60. The molecule has 0 atom stereocenters. The molecule has 1 heterocycles. The Morgan fingerprint density at radius 1 is 0.906 bits per heavy atom. The Morgan fingerprint density at radius 2 is 1.66 bits per heavy atom. The summed E-state index contributed by atoms with van der Waals surface area (Å²) in [4.78, 5) is 30.2. The number of methoxy groups -OCH3 is 1. The molecule has 162 valence electrons. The molecule has 0 saturated carbocycles. The molecule has 3 aromatic carbocycles. The number of ether oxygens (including phenoxy) is 1. The number of carbonyl (C=O) groups excluding carboxylic acids is 1. The number of aryl methyl sites for hydroxylation is 3. The highest BCUT2D eigenvalue weighted by molar-refractivity contribution is 5.89. The molecule has 0 N–H and O–H groups in total. The molecule has 0 aliphatic carbocycles. The second-order valence-corrected chi connectivity index (χ2v) is 7.75. The zero-order chi connectivity index (χ0) is 22.5. The van der Waals surface area contributed by atoms with Crippen LogP contribution in [-0.4, -0.2) is 22.6 Å². The van der Waals surface area contributed by atoms with E-state index in [1.54, 1.807) is 16.7 Å². The van der Waals surface area contributed by atoms with E-state index in [9.17, 15) is 9.59 Å². The molecule has 0 aliphatic heterocycles. The number of fused-ring (bicyclic) bond motifs is 1. The first-order chi connectivity index (χ1) is 15.6. The number of nitrogens with zero attached hydrogens (tertiary/aromatic N) is 2. The molecule has 0 spiro atoms. The molecule has 0 unspecified atom stereocenters. The lowest BCUT2D eigenvalue weighted by molar-refractivity contribution is 0.0600. The van der Waals surface area contributed by atoms with Gasteiger partial charge in [0.25, 0.3) is 5.56 Å². The average molecular weight is 427 g/mol. The number of carbonyl (C=O) groups is 1. The fraction of sp³-hybridized carbons (Fsp3) is 0.222. The zero-order valence-electron chi connectivity index (χ0n) is 18.4. The fourth-order valence-corrected chi connectivity index (χ4v) is 3.99. The summed E-state index contributed by atoms with van der Waals surface area (Å²) in [7, 11) is 1.37. The number of rotatable bonds is 7. The number of esters is 1. The zero-order valence-corrected chi connectivity index (χ0v) is 18.4.